The maximum absolute atomic E-state index is 12.3. The second kappa shape index (κ2) is 7.47. The lowest BCUT2D eigenvalue weighted by molar-refractivity contribution is -0.153. The van der Waals surface area contributed by atoms with E-state index in [9.17, 15) is 15.0 Å². The smallest absolute Gasteiger partial charge is 0.287 e. The lowest BCUT2D eigenvalue weighted by Crippen LogP contribution is -2.45. The molecule has 3 heterocycles. The predicted molar refractivity (Wildman–Crippen MR) is 97.4 cm³/mol. The highest BCUT2D eigenvalue weighted by Crippen LogP contribution is 2.28. The van der Waals surface area contributed by atoms with Gasteiger partial charge in [-0.15, -0.1) is 10.2 Å². The molecule has 1 aliphatic rings. The number of H-pyrrole nitrogens is 1. The van der Waals surface area contributed by atoms with Crippen molar-refractivity contribution >= 4 is 34.0 Å². The van der Waals surface area contributed by atoms with Crippen LogP contribution in [-0.4, -0.2) is 55.4 Å². The van der Waals surface area contributed by atoms with Crippen molar-refractivity contribution in [1.82, 2.24) is 25.5 Å². The van der Waals surface area contributed by atoms with Crippen molar-refractivity contribution in [2.24, 2.45) is 0 Å². The van der Waals surface area contributed by atoms with Gasteiger partial charge in [0.2, 0.25) is 10.9 Å². The van der Waals surface area contributed by atoms with Gasteiger partial charge in [-0.25, -0.2) is 4.98 Å². The average Bonchev–Trinajstić information content (AvgIpc) is 3.22. The lowest BCUT2D eigenvalue weighted by atomic mass is 10.1. The molecule has 0 aromatic carbocycles. The van der Waals surface area contributed by atoms with Crippen molar-refractivity contribution in [2.45, 2.75) is 44.9 Å². The van der Waals surface area contributed by atoms with E-state index < -0.39 is 5.79 Å². The third kappa shape index (κ3) is 4.14. The number of halogens is 1. The van der Waals surface area contributed by atoms with Crippen molar-refractivity contribution in [3.8, 4) is 0 Å². The van der Waals surface area contributed by atoms with Crippen molar-refractivity contribution in [3.63, 3.8) is 0 Å². The molecule has 1 fully saturated rings. The number of carbonyl (C=O) groups excluding carboxylic acids is 1. The number of hydrogen-bond donors (Lipinski definition) is 4. The molecule has 9 nitrogen and oxygen atoms in total. The third-order valence-corrected chi connectivity index (χ3v) is 5.71. The van der Waals surface area contributed by atoms with Crippen LogP contribution in [0, 0.1) is 0 Å². The van der Waals surface area contributed by atoms with Crippen molar-refractivity contribution in [1.29, 1.82) is 0 Å². The highest BCUT2D eigenvalue weighted by Gasteiger charge is 2.28. The normalized spacial score (nSPS) is 16.1. The van der Waals surface area contributed by atoms with Gasteiger partial charge in [0.15, 0.2) is 16.0 Å². The molecule has 26 heavy (non-hydrogen) atoms. The summed E-state index contributed by atoms with van der Waals surface area (Å²) in [5, 5.41) is 31.1. The maximum Gasteiger partial charge on any atom is 0.287 e. The summed E-state index contributed by atoms with van der Waals surface area (Å²) in [5.41, 5.74) is 0.749. The summed E-state index contributed by atoms with van der Waals surface area (Å²) in [6.07, 6.45) is 2.17. The summed E-state index contributed by atoms with van der Waals surface area (Å²) >= 11 is 7.13. The molecule has 0 atom stereocenters. The number of aromatic nitrogens is 4. The van der Waals surface area contributed by atoms with Crippen LogP contribution in [-0.2, 0) is 12.2 Å². The van der Waals surface area contributed by atoms with Gasteiger partial charge < -0.3 is 25.4 Å². The van der Waals surface area contributed by atoms with Gasteiger partial charge in [-0.1, -0.05) is 29.9 Å². The van der Waals surface area contributed by atoms with E-state index in [4.69, 9.17) is 11.6 Å². The zero-order chi connectivity index (χ0) is 18.9. The van der Waals surface area contributed by atoms with Crippen molar-refractivity contribution in [2.75, 3.05) is 18.0 Å². The minimum Gasteiger partial charge on any atom is -0.360 e. The highest BCUT2D eigenvalue weighted by atomic mass is 35.5. The molecule has 11 heteroatoms. The molecule has 1 saturated heterocycles. The standard InChI is InChI=1S/C15H21ClN6O3S/c1-3-9-10(16)19-11(18-9)12(23)17-8-4-6-22(7-5-8)14-21-20-13(26-14)15(2,24)25/h8,24-25H,3-7H2,1-2H3,(H,17,23)(H,18,19). The number of rotatable bonds is 5. The summed E-state index contributed by atoms with van der Waals surface area (Å²) in [7, 11) is 0. The van der Waals surface area contributed by atoms with Gasteiger partial charge in [-0.2, -0.15) is 0 Å². The zero-order valence-corrected chi connectivity index (χ0v) is 16.1. The molecule has 3 rings (SSSR count). The molecule has 2 aromatic rings. The van der Waals surface area contributed by atoms with Crippen LogP contribution in [0.2, 0.25) is 5.15 Å². The number of hydrogen-bond acceptors (Lipinski definition) is 8. The van der Waals surface area contributed by atoms with Gasteiger partial charge in [0.1, 0.15) is 0 Å². The second-order valence-electron chi connectivity index (χ2n) is 6.35. The van der Waals surface area contributed by atoms with Crippen LogP contribution in [0.5, 0.6) is 0 Å². The molecule has 4 N–H and O–H groups in total. The number of carbonyl (C=O) groups is 1. The number of aryl methyl sites for hydroxylation is 1. The van der Waals surface area contributed by atoms with E-state index >= 15 is 0 Å². The summed E-state index contributed by atoms with van der Waals surface area (Å²) < 4.78 is 0. The summed E-state index contributed by atoms with van der Waals surface area (Å²) in [6, 6.07) is 0.0287. The Morgan fingerprint density at radius 2 is 2.12 bits per heavy atom. The predicted octanol–water partition coefficient (Wildman–Crippen LogP) is 1.03. The Balaban J connectivity index is 1.55. The Labute approximate surface area is 159 Å². The van der Waals surface area contributed by atoms with E-state index in [1.165, 1.54) is 6.92 Å². The molecule has 0 spiro atoms. The van der Waals surface area contributed by atoms with E-state index in [1.54, 1.807) is 0 Å². The summed E-state index contributed by atoms with van der Waals surface area (Å²) in [4.78, 5) is 21.3. The number of aromatic amines is 1. The third-order valence-electron chi connectivity index (χ3n) is 4.22. The number of amides is 1. The maximum atomic E-state index is 12.3. The van der Waals surface area contributed by atoms with Crippen LogP contribution >= 0.6 is 22.9 Å². The van der Waals surface area contributed by atoms with Gasteiger partial charge >= 0.3 is 0 Å². The van der Waals surface area contributed by atoms with Crippen LogP contribution in [0.4, 0.5) is 5.13 Å². The molecule has 2 aromatic heterocycles. The Morgan fingerprint density at radius 3 is 2.65 bits per heavy atom. The first-order valence-electron chi connectivity index (χ1n) is 8.36. The fraction of sp³-hybridized carbons (Fsp3) is 0.600. The van der Waals surface area contributed by atoms with Crippen LogP contribution in [0.3, 0.4) is 0 Å². The number of imidazole rings is 1. The monoisotopic (exact) mass is 400 g/mol. The van der Waals surface area contributed by atoms with Crippen LogP contribution < -0.4 is 10.2 Å². The first kappa shape index (κ1) is 19.0. The Hall–Kier alpha value is -1.75. The quantitative estimate of drug-likeness (QED) is 0.552. The molecular weight excluding hydrogens is 380 g/mol. The Morgan fingerprint density at radius 1 is 1.42 bits per heavy atom. The minimum atomic E-state index is -1.98. The SMILES string of the molecule is CCc1[nH]c(C(=O)NC2CCN(c3nnc(C(C)(O)O)s3)CC2)nc1Cl. The number of anilines is 1. The van der Waals surface area contributed by atoms with E-state index in [2.05, 4.69) is 25.5 Å². The molecule has 0 aliphatic carbocycles. The fourth-order valence-electron chi connectivity index (χ4n) is 2.73. The lowest BCUT2D eigenvalue weighted by Gasteiger charge is -2.31. The van der Waals surface area contributed by atoms with Gasteiger partial charge in [0.05, 0.1) is 5.69 Å². The van der Waals surface area contributed by atoms with Gasteiger partial charge in [0, 0.05) is 19.1 Å². The molecular formula is C15H21ClN6O3S. The Kier molecular flexibility index (Phi) is 5.47. The summed E-state index contributed by atoms with van der Waals surface area (Å²) in [6.45, 7) is 4.56. The van der Waals surface area contributed by atoms with Crippen LogP contribution in [0.15, 0.2) is 0 Å². The zero-order valence-electron chi connectivity index (χ0n) is 14.5. The molecule has 142 valence electrons. The van der Waals surface area contributed by atoms with E-state index in [-0.39, 0.29) is 22.8 Å². The van der Waals surface area contributed by atoms with Gasteiger partial charge in [-0.3, -0.25) is 4.79 Å². The molecule has 0 unspecified atom stereocenters. The number of nitrogens with one attached hydrogen (secondary N) is 2. The molecule has 0 radical (unpaired) electrons. The molecule has 1 aliphatic heterocycles. The first-order valence-corrected chi connectivity index (χ1v) is 9.56. The van der Waals surface area contributed by atoms with E-state index in [0.29, 0.717) is 29.8 Å². The van der Waals surface area contributed by atoms with Gasteiger partial charge in [-0.05, 0) is 26.2 Å². The van der Waals surface area contributed by atoms with E-state index in [0.717, 1.165) is 29.9 Å². The summed E-state index contributed by atoms with van der Waals surface area (Å²) in [5.74, 6) is -2.02. The molecule has 0 bridgehead atoms. The largest absolute Gasteiger partial charge is 0.360 e. The van der Waals surface area contributed by atoms with Crippen LogP contribution in [0.25, 0.3) is 0 Å². The first-order chi connectivity index (χ1) is 12.3. The minimum absolute atomic E-state index is 0.0287. The fourth-order valence-corrected chi connectivity index (χ4v) is 3.84. The number of piperidine rings is 1. The average molecular weight is 401 g/mol. The van der Waals surface area contributed by atoms with Crippen molar-refractivity contribution < 1.29 is 15.0 Å². The topological polar surface area (TPSA) is 127 Å². The van der Waals surface area contributed by atoms with Gasteiger partial charge in [0.25, 0.3) is 5.91 Å². The van der Waals surface area contributed by atoms with E-state index in [1.807, 2.05) is 11.8 Å². The molecule has 1 amide bonds. The molecule has 0 saturated carbocycles. The second-order valence-corrected chi connectivity index (χ2v) is 7.67. The number of nitrogens with zero attached hydrogens (tertiary/aromatic N) is 4. The number of aliphatic hydroxyl groups is 2. The highest BCUT2D eigenvalue weighted by molar-refractivity contribution is 7.15. The Bertz CT molecular complexity index is 779. The van der Waals surface area contributed by atoms with Crippen molar-refractivity contribution in [3.05, 3.63) is 21.7 Å². The van der Waals surface area contributed by atoms with Crippen LogP contribution in [0.1, 0.15) is 48.0 Å².